The fourth-order valence-electron chi connectivity index (χ4n) is 2.35. The number of hydrogen-bond acceptors (Lipinski definition) is 5. The van der Waals surface area contributed by atoms with Gasteiger partial charge < -0.3 is 14.6 Å². The maximum absolute atomic E-state index is 13.1. The van der Waals surface area contributed by atoms with E-state index in [9.17, 15) is 9.18 Å². The average Bonchev–Trinajstić information content (AvgIpc) is 3.10. The molecule has 0 fully saturated rings. The van der Waals surface area contributed by atoms with Crippen molar-refractivity contribution in [2.75, 3.05) is 11.9 Å². The van der Waals surface area contributed by atoms with E-state index in [1.54, 1.807) is 6.07 Å². The Balaban J connectivity index is 1.55. The van der Waals surface area contributed by atoms with Crippen LogP contribution in [0.3, 0.4) is 0 Å². The van der Waals surface area contributed by atoms with E-state index in [1.807, 2.05) is 31.2 Å². The van der Waals surface area contributed by atoms with Gasteiger partial charge in [-0.1, -0.05) is 11.2 Å². The van der Waals surface area contributed by atoms with Gasteiger partial charge in [-0.2, -0.15) is 4.98 Å². The molecule has 6 nitrogen and oxygen atoms in total. The lowest BCUT2D eigenvalue weighted by Crippen LogP contribution is -2.12. The lowest BCUT2D eigenvalue weighted by Gasteiger charge is -2.03. The summed E-state index contributed by atoms with van der Waals surface area (Å²) in [5.41, 5.74) is 1.21. The van der Waals surface area contributed by atoms with E-state index in [2.05, 4.69) is 15.5 Å². The quantitative estimate of drug-likeness (QED) is 0.697. The SMILES string of the molecule is CCOc1ccc(-c2noc(CCC(=O)Nc3cccc(F)c3)n2)cc1. The Morgan fingerprint density at radius 1 is 1.23 bits per heavy atom. The second-order valence-electron chi connectivity index (χ2n) is 5.53. The van der Waals surface area contributed by atoms with Crippen LogP contribution < -0.4 is 10.1 Å². The Kier molecular flexibility index (Phi) is 5.58. The van der Waals surface area contributed by atoms with Crippen LogP contribution in [0.1, 0.15) is 19.2 Å². The van der Waals surface area contributed by atoms with Crippen molar-refractivity contribution < 1.29 is 18.4 Å². The molecule has 134 valence electrons. The second kappa shape index (κ2) is 8.24. The van der Waals surface area contributed by atoms with Gasteiger partial charge in [-0.3, -0.25) is 4.79 Å². The van der Waals surface area contributed by atoms with Crippen LogP contribution in [-0.2, 0) is 11.2 Å². The normalized spacial score (nSPS) is 10.5. The molecule has 3 rings (SSSR count). The van der Waals surface area contributed by atoms with E-state index in [4.69, 9.17) is 9.26 Å². The molecule has 0 aliphatic heterocycles. The number of nitrogens with one attached hydrogen (secondary N) is 1. The lowest BCUT2D eigenvalue weighted by atomic mass is 10.2. The Hall–Kier alpha value is -3.22. The molecule has 3 aromatic rings. The van der Waals surface area contributed by atoms with Crippen molar-refractivity contribution in [1.82, 2.24) is 10.1 Å². The van der Waals surface area contributed by atoms with Gasteiger partial charge in [-0.05, 0) is 49.4 Å². The molecule has 0 bridgehead atoms. The zero-order valence-electron chi connectivity index (χ0n) is 14.2. The van der Waals surface area contributed by atoms with Gasteiger partial charge in [0.05, 0.1) is 6.61 Å². The molecule has 7 heteroatoms. The largest absolute Gasteiger partial charge is 0.494 e. The summed E-state index contributed by atoms with van der Waals surface area (Å²) in [6, 6.07) is 13.1. The number of benzene rings is 2. The first kappa shape index (κ1) is 17.6. The van der Waals surface area contributed by atoms with Crippen molar-refractivity contribution in [3.63, 3.8) is 0 Å². The summed E-state index contributed by atoms with van der Waals surface area (Å²) >= 11 is 0. The molecule has 1 aromatic heterocycles. The second-order valence-corrected chi connectivity index (χ2v) is 5.53. The minimum atomic E-state index is -0.403. The van der Waals surface area contributed by atoms with Crippen LogP contribution in [0.25, 0.3) is 11.4 Å². The van der Waals surface area contributed by atoms with Gasteiger partial charge in [-0.25, -0.2) is 4.39 Å². The minimum Gasteiger partial charge on any atom is -0.494 e. The minimum absolute atomic E-state index is 0.154. The summed E-state index contributed by atoms with van der Waals surface area (Å²) < 4.78 is 23.7. The highest BCUT2D eigenvalue weighted by molar-refractivity contribution is 5.90. The molecular formula is C19H18FN3O3. The van der Waals surface area contributed by atoms with Crippen molar-refractivity contribution in [1.29, 1.82) is 0 Å². The number of carbonyl (C=O) groups is 1. The smallest absolute Gasteiger partial charge is 0.227 e. The molecule has 0 aliphatic carbocycles. The molecule has 0 saturated carbocycles. The maximum Gasteiger partial charge on any atom is 0.227 e. The topological polar surface area (TPSA) is 77.2 Å². The molecule has 1 heterocycles. The van der Waals surface area contributed by atoms with Gasteiger partial charge in [0.2, 0.25) is 17.6 Å². The Labute approximate surface area is 150 Å². The molecule has 0 saturated heterocycles. The van der Waals surface area contributed by atoms with Crippen molar-refractivity contribution in [3.05, 3.63) is 60.2 Å². The number of aromatic nitrogens is 2. The van der Waals surface area contributed by atoms with E-state index in [0.29, 0.717) is 30.4 Å². The maximum atomic E-state index is 13.1. The molecule has 0 radical (unpaired) electrons. The first-order valence-electron chi connectivity index (χ1n) is 8.25. The molecular weight excluding hydrogens is 337 g/mol. The summed E-state index contributed by atoms with van der Waals surface area (Å²) in [6.07, 6.45) is 0.451. The lowest BCUT2D eigenvalue weighted by molar-refractivity contribution is -0.116. The fraction of sp³-hybridized carbons (Fsp3) is 0.211. The number of nitrogens with zero attached hydrogens (tertiary/aromatic N) is 2. The molecule has 0 atom stereocenters. The third-order valence-corrected chi connectivity index (χ3v) is 3.57. The first-order chi connectivity index (χ1) is 12.6. The van der Waals surface area contributed by atoms with Gasteiger partial charge in [-0.15, -0.1) is 0 Å². The van der Waals surface area contributed by atoms with Crippen molar-refractivity contribution in [3.8, 4) is 17.1 Å². The van der Waals surface area contributed by atoms with E-state index < -0.39 is 5.82 Å². The number of halogens is 1. The summed E-state index contributed by atoms with van der Waals surface area (Å²) in [5, 5.41) is 6.55. The highest BCUT2D eigenvalue weighted by Gasteiger charge is 2.11. The van der Waals surface area contributed by atoms with Crippen LogP contribution in [0.4, 0.5) is 10.1 Å². The highest BCUT2D eigenvalue weighted by Crippen LogP contribution is 2.20. The van der Waals surface area contributed by atoms with Gasteiger partial charge in [0, 0.05) is 24.1 Å². The van der Waals surface area contributed by atoms with Crippen LogP contribution in [0.5, 0.6) is 5.75 Å². The van der Waals surface area contributed by atoms with Crippen molar-refractivity contribution >= 4 is 11.6 Å². The van der Waals surface area contributed by atoms with E-state index in [1.165, 1.54) is 18.2 Å². The molecule has 2 aromatic carbocycles. The summed E-state index contributed by atoms with van der Waals surface area (Å²) in [6.45, 7) is 2.52. The molecule has 0 spiro atoms. The zero-order valence-corrected chi connectivity index (χ0v) is 14.2. The van der Waals surface area contributed by atoms with Gasteiger partial charge in [0.1, 0.15) is 11.6 Å². The number of aryl methyl sites for hydroxylation is 1. The van der Waals surface area contributed by atoms with Crippen LogP contribution in [0.15, 0.2) is 53.1 Å². The first-order valence-corrected chi connectivity index (χ1v) is 8.25. The van der Waals surface area contributed by atoms with Gasteiger partial charge >= 0.3 is 0 Å². The average molecular weight is 355 g/mol. The van der Waals surface area contributed by atoms with E-state index in [-0.39, 0.29) is 12.3 Å². The molecule has 0 aliphatic rings. The van der Waals surface area contributed by atoms with E-state index in [0.717, 1.165) is 11.3 Å². The van der Waals surface area contributed by atoms with Crippen LogP contribution in [0, 0.1) is 5.82 Å². The zero-order chi connectivity index (χ0) is 18.4. The number of carbonyl (C=O) groups excluding carboxylic acids is 1. The highest BCUT2D eigenvalue weighted by atomic mass is 19.1. The molecule has 0 unspecified atom stereocenters. The monoisotopic (exact) mass is 355 g/mol. The van der Waals surface area contributed by atoms with Gasteiger partial charge in [0.25, 0.3) is 0 Å². The Morgan fingerprint density at radius 2 is 2.04 bits per heavy atom. The molecule has 1 N–H and O–H groups in total. The van der Waals surface area contributed by atoms with Crippen LogP contribution >= 0.6 is 0 Å². The van der Waals surface area contributed by atoms with Crippen molar-refractivity contribution in [2.24, 2.45) is 0 Å². The summed E-state index contributed by atoms with van der Waals surface area (Å²) in [5.74, 6) is 0.932. The van der Waals surface area contributed by atoms with Crippen molar-refractivity contribution in [2.45, 2.75) is 19.8 Å². The van der Waals surface area contributed by atoms with Crippen LogP contribution in [-0.4, -0.2) is 22.7 Å². The van der Waals surface area contributed by atoms with E-state index >= 15 is 0 Å². The standard InChI is InChI=1S/C19H18FN3O3/c1-2-25-16-8-6-13(7-9-16)19-22-18(26-23-19)11-10-17(24)21-15-5-3-4-14(20)12-15/h3-9,12H,2,10-11H2,1H3,(H,21,24). The number of ether oxygens (including phenoxy) is 1. The summed E-state index contributed by atoms with van der Waals surface area (Å²) in [7, 11) is 0. The number of amides is 1. The third-order valence-electron chi connectivity index (χ3n) is 3.57. The molecule has 1 amide bonds. The Bertz CT molecular complexity index is 878. The van der Waals surface area contributed by atoms with Gasteiger partial charge in [0.15, 0.2) is 0 Å². The predicted molar refractivity (Wildman–Crippen MR) is 94.3 cm³/mol. The fourth-order valence-corrected chi connectivity index (χ4v) is 2.35. The Morgan fingerprint density at radius 3 is 2.77 bits per heavy atom. The number of hydrogen-bond donors (Lipinski definition) is 1. The van der Waals surface area contributed by atoms with Crippen LogP contribution in [0.2, 0.25) is 0 Å². The molecule has 26 heavy (non-hydrogen) atoms. The summed E-state index contributed by atoms with van der Waals surface area (Å²) in [4.78, 5) is 16.2. The number of anilines is 1. The number of rotatable bonds is 7. The predicted octanol–water partition coefficient (Wildman–Crippen LogP) is 3.85. The third kappa shape index (κ3) is 4.66.